The molecular formula is C13H23BrO. The summed E-state index contributed by atoms with van der Waals surface area (Å²) in [6, 6.07) is 0. The summed E-state index contributed by atoms with van der Waals surface area (Å²) < 4.78 is 6.23. The Bertz CT molecular complexity index is 221. The molecule has 88 valence electrons. The standard InChI is InChI=1S/C13H23BrO/c1-9(2)10(3)15-12-8-11(14)13(12)6-4-5-7-13/h9-12H,4-8H2,1-3H3. The van der Waals surface area contributed by atoms with Crippen molar-refractivity contribution in [2.45, 2.75) is 69.9 Å². The second-order valence-corrected chi connectivity index (χ2v) is 6.82. The summed E-state index contributed by atoms with van der Waals surface area (Å²) in [5, 5.41) is 0. The lowest BCUT2D eigenvalue weighted by molar-refractivity contribution is -0.139. The van der Waals surface area contributed by atoms with E-state index >= 15 is 0 Å². The van der Waals surface area contributed by atoms with Gasteiger partial charge in [-0.1, -0.05) is 42.6 Å². The van der Waals surface area contributed by atoms with Gasteiger partial charge in [0.15, 0.2) is 0 Å². The molecule has 0 heterocycles. The summed E-state index contributed by atoms with van der Waals surface area (Å²) in [4.78, 5) is 0.719. The van der Waals surface area contributed by atoms with E-state index in [1.54, 1.807) is 0 Å². The first kappa shape index (κ1) is 11.9. The van der Waals surface area contributed by atoms with Gasteiger partial charge in [-0.2, -0.15) is 0 Å². The van der Waals surface area contributed by atoms with E-state index in [-0.39, 0.29) is 0 Å². The fourth-order valence-corrected chi connectivity index (χ4v) is 4.07. The average Bonchev–Trinajstić information content (AvgIpc) is 2.68. The Balaban J connectivity index is 1.94. The topological polar surface area (TPSA) is 9.23 Å². The van der Waals surface area contributed by atoms with Crippen molar-refractivity contribution in [3.05, 3.63) is 0 Å². The van der Waals surface area contributed by atoms with Crippen LogP contribution >= 0.6 is 15.9 Å². The highest BCUT2D eigenvalue weighted by Gasteiger charge is 2.56. The third-order valence-electron chi connectivity index (χ3n) is 4.54. The highest BCUT2D eigenvalue weighted by molar-refractivity contribution is 9.09. The first-order valence-electron chi connectivity index (χ1n) is 6.36. The molecular weight excluding hydrogens is 252 g/mol. The van der Waals surface area contributed by atoms with Crippen molar-refractivity contribution in [1.82, 2.24) is 0 Å². The van der Waals surface area contributed by atoms with Gasteiger partial charge in [0.05, 0.1) is 12.2 Å². The highest BCUT2D eigenvalue weighted by Crippen LogP contribution is 2.58. The summed E-state index contributed by atoms with van der Waals surface area (Å²) in [7, 11) is 0. The quantitative estimate of drug-likeness (QED) is 0.703. The smallest absolute Gasteiger partial charge is 0.0656 e. The number of rotatable bonds is 3. The van der Waals surface area contributed by atoms with Gasteiger partial charge in [-0.25, -0.2) is 0 Å². The van der Waals surface area contributed by atoms with E-state index in [1.165, 1.54) is 32.1 Å². The van der Waals surface area contributed by atoms with Crippen molar-refractivity contribution in [3.63, 3.8) is 0 Å². The maximum atomic E-state index is 6.23. The van der Waals surface area contributed by atoms with Gasteiger partial charge in [-0.05, 0) is 32.1 Å². The van der Waals surface area contributed by atoms with Gasteiger partial charge >= 0.3 is 0 Å². The van der Waals surface area contributed by atoms with Crippen molar-refractivity contribution in [3.8, 4) is 0 Å². The molecule has 3 unspecified atom stereocenters. The summed E-state index contributed by atoms with van der Waals surface area (Å²) in [6.45, 7) is 6.71. The third-order valence-corrected chi connectivity index (χ3v) is 5.82. The molecule has 0 radical (unpaired) electrons. The monoisotopic (exact) mass is 274 g/mol. The molecule has 0 saturated heterocycles. The van der Waals surface area contributed by atoms with Crippen LogP contribution in [0.3, 0.4) is 0 Å². The molecule has 2 heteroatoms. The summed E-state index contributed by atoms with van der Waals surface area (Å²) in [5.41, 5.74) is 0.503. The molecule has 0 aliphatic heterocycles. The van der Waals surface area contributed by atoms with Crippen molar-refractivity contribution >= 4 is 15.9 Å². The molecule has 15 heavy (non-hydrogen) atoms. The van der Waals surface area contributed by atoms with Crippen LogP contribution in [0.1, 0.15) is 52.9 Å². The molecule has 0 bridgehead atoms. The molecule has 0 aromatic rings. The van der Waals surface area contributed by atoms with Gasteiger partial charge < -0.3 is 4.74 Å². The molecule has 2 aliphatic carbocycles. The van der Waals surface area contributed by atoms with Crippen LogP contribution in [0.5, 0.6) is 0 Å². The number of alkyl halides is 1. The largest absolute Gasteiger partial charge is 0.374 e. The number of hydrogen-bond donors (Lipinski definition) is 0. The fraction of sp³-hybridized carbons (Fsp3) is 1.00. The predicted octanol–water partition coefficient (Wildman–Crippen LogP) is 4.14. The van der Waals surface area contributed by atoms with Crippen LogP contribution in [0, 0.1) is 11.3 Å². The van der Waals surface area contributed by atoms with E-state index in [2.05, 4.69) is 36.7 Å². The lowest BCUT2D eigenvalue weighted by atomic mass is 9.64. The predicted molar refractivity (Wildman–Crippen MR) is 67.4 cm³/mol. The van der Waals surface area contributed by atoms with Gasteiger partial charge in [0.2, 0.25) is 0 Å². The Morgan fingerprint density at radius 1 is 1.20 bits per heavy atom. The van der Waals surface area contributed by atoms with Gasteiger partial charge in [0.1, 0.15) is 0 Å². The van der Waals surface area contributed by atoms with Gasteiger partial charge in [0.25, 0.3) is 0 Å². The molecule has 0 amide bonds. The zero-order valence-electron chi connectivity index (χ0n) is 10.1. The van der Waals surface area contributed by atoms with Crippen molar-refractivity contribution in [1.29, 1.82) is 0 Å². The Morgan fingerprint density at radius 2 is 1.80 bits per heavy atom. The van der Waals surface area contributed by atoms with E-state index < -0.39 is 0 Å². The van der Waals surface area contributed by atoms with E-state index in [4.69, 9.17) is 4.74 Å². The molecule has 1 spiro atoms. The molecule has 3 atom stereocenters. The Kier molecular flexibility index (Phi) is 3.47. The highest BCUT2D eigenvalue weighted by atomic mass is 79.9. The first-order valence-corrected chi connectivity index (χ1v) is 7.27. The Labute approximate surface area is 102 Å². The summed E-state index contributed by atoms with van der Waals surface area (Å²) >= 11 is 3.83. The maximum Gasteiger partial charge on any atom is 0.0656 e. The van der Waals surface area contributed by atoms with E-state index in [9.17, 15) is 0 Å². The Morgan fingerprint density at radius 3 is 2.27 bits per heavy atom. The van der Waals surface area contributed by atoms with Crippen LogP contribution in [0.15, 0.2) is 0 Å². The molecule has 0 aromatic heterocycles. The van der Waals surface area contributed by atoms with Crippen LogP contribution in [0.25, 0.3) is 0 Å². The lowest BCUT2D eigenvalue weighted by Gasteiger charge is -2.52. The second-order valence-electron chi connectivity index (χ2n) is 5.72. The number of hydrogen-bond acceptors (Lipinski definition) is 1. The van der Waals surface area contributed by atoms with E-state index in [1.807, 2.05) is 0 Å². The minimum absolute atomic E-state index is 0.410. The van der Waals surface area contributed by atoms with Crippen LogP contribution < -0.4 is 0 Å². The average molecular weight is 275 g/mol. The summed E-state index contributed by atoms with van der Waals surface area (Å²) in [5.74, 6) is 0.637. The summed E-state index contributed by atoms with van der Waals surface area (Å²) in [6.07, 6.45) is 7.71. The van der Waals surface area contributed by atoms with E-state index in [0.717, 1.165) is 4.83 Å². The molecule has 0 aromatic carbocycles. The Hall–Kier alpha value is 0.440. The lowest BCUT2D eigenvalue weighted by Crippen LogP contribution is -2.55. The van der Waals surface area contributed by atoms with Crippen molar-refractivity contribution in [2.75, 3.05) is 0 Å². The molecule has 2 aliphatic rings. The molecule has 2 fully saturated rings. The third kappa shape index (κ3) is 2.00. The van der Waals surface area contributed by atoms with Gasteiger partial charge in [0, 0.05) is 10.2 Å². The van der Waals surface area contributed by atoms with Gasteiger partial charge in [-0.3, -0.25) is 0 Å². The number of halogens is 1. The minimum Gasteiger partial charge on any atom is -0.374 e. The molecule has 1 nitrogen and oxygen atoms in total. The normalized spacial score (nSPS) is 35.8. The van der Waals surface area contributed by atoms with Gasteiger partial charge in [-0.15, -0.1) is 0 Å². The number of ether oxygens (including phenoxy) is 1. The van der Waals surface area contributed by atoms with Crippen LogP contribution in [0.2, 0.25) is 0 Å². The van der Waals surface area contributed by atoms with Crippen molar-refractivity contribution < 1.29 is 4.74 Å². The molecule has 2 saturated carbocycles. The zero-order valence-corrected chi connectivity index (χ0v) is 11.7. The van der Waals surface area contributed by atoms with Crippen LogP contribution in [-0.4, -0.2) is 17.0 Å². The molecule has 2 rings (SSSR count). The van der Waals surface area contributed by atoms with Crippen LogP contribution in [-0.2, 0) is 4.74 Å². The second kappa shape index (κ2) is 4.37. The zero-order chi connectivity index (χ0) is 11.1. The van der Waals surface area contributed by atoms with Crippen LogP contribution in [0.4, 0.5) is 0 Å². The maximum absolute atomic E-state index is 6.23. The minimum atomic E-state index is 0.410. The first-order chi connectivity index (χ1) is 7.06. The SMILES string of the molecule is CC(C)C(C)OC1CC(Br)C12CCCC2. The fourth-order valence-electron chi connectivity index (χ4n) is 2.97. The van der Waals surface area contributed by atoms with E-state index in [0.29, 0.717) is 23.5 Å². The molecule has 0 N–H and O–H groups in total. The van der Waals surface area contributed by atoms with Crippen molar-refractivity contribution in [2.24, 2.45) is 11.3 Å².